The highest BCUT2D eigenvalue weighted by molar-refractivity contribution is 5.94. The van der Waals surface area contributed by atoms with Gasteiger partial charge in [0.05, 0.1) is 12.4 Å². The van der Waals surface area contributed by atoms with Crippen molar-refractivity contribution in [2.45, 2.75) is 19.9 Å². The van der Waals surface area contributed by atoms with E-state index in [9.17, 15) is 0 Å². The fourth-order valence-electron chi connectivity index (χ4n) is 1.38. The third-order valence-electron chi connectivity index (χ3n) is 2.38. The van der Waals surface area contributed by atoms with Crippen LogP contribution in [-0.4, -0.2) is 20.6 Å². The Morgan fingerprint density at radius 2 is 2.17 bits per heavy atom. The van der Waals surface area contributed by atoms with Crippen molar-refractivity contribution in [3.8, 4) is 11.6 Å². The van der Waals surface area contributed by atoms with Gasteiger partial charge in [0, 0.05) is 23.9 Å². The third kappa shape index (κ3) is 2.65. The molecule has 0 aliphatic heterocycles. The highest BCUT2D eigenvalue weighted by Gasteiger charge is 2.05. The zero-order valence-electron chi connectivity index (χ0n) is 10.3. The molecular weight excluding hydrogens is 230 g/mol. The number of amidine groups is 1. The van der Waals surface area contributed by atoms with Crippen LogP contribution in [0.3, 0.4) is 0 Å². The predicted octanol–water partition coefficient (Wildman–Crippen LogP) is 1.94. The lowest BCUT2D eigenvalue weighted by Gasteiger charge is -2.04. The van der Waals surface area contributed by atoms with Crippen LogP contribution in [0, 0.1) is 5.41 Å². The van der Waals surface area contributed by atoms with Gasteiger partial charge < -0.3 is 10.5 Å². The minimum atomic E-state index is -0.0123. The molecule has 0 amide bonds. The molecule has 0 spiro atoms. The van der Waals surface area contributed by atoms with E-state index in [0.29, 0.717) is 17.2 Å². The van der Waals surface area contributed by atoms with Crippen molar-refractivity contribution in [3.63, 3.8) is 0 Å². The zero-order chi connectivity index (χ0) is 13.1. The van der Waals surface area contributed by atoms with Crippen LogP contribution in [0.15, 0.2) is 30.7 Å². The van der Waals surface area contributed by atoms with Gasteiger partial charge in [0.1, 0.15) is 5.84 Å². The molecule has 18 heavy (non-hydrogen) atoms. The molecule has 2 rings (SSSR count). The Bertz CT molecular complexity index is 544. The lowest BCUT2D eigenvalue weighted by Crippen LogP contribution is -2.11. The molecule has 0 atom stereocenters. The molecule has 0 radical (unpaired) electrons. The number of nitrogens with one attached hydrogen (secondary N) is 1. The van der Waals surface area contributed by atoms with Gasteiger partial charge in [-0.2, -0.15) is 5.10 Å². The summed E-state index contributed by atoms with van der Waals surface area (Å²) in [6.07, 6.45) is 4.95. The summed E-state index contributed by atoms with van der Waals surface area (Å²) in [5.41, 5.74) is 5.91. The van der Waals surface area contributed by atoms with E-state index in [1.807, 2.05) is 20.0 Å². The van der Waals surface area contributed by atoms with Gasteiger partial charge in [-0.25, -0.2) is 4.98 Å². The Balaban J connectivity index is 2.10. The standard InChI is InChI=1S/C12H15N5O/c1-8(2)17-7-10(6-16-17)18-11-4-3-9(5-15-11)12(13)14/h3-8H,1-2H3,(H3,13,14). The Kier molecular flexibility index (Phi) is 3.27. The van der Waals surface area contributed by atoms with Crippen LogP contribution in [0.2, 0.25) is 0 Å². The molecule has 0 aromatic carbocycles. The number of hydrogen-bond donors (Lipinski definition) is 2. The second kappa shape index (κ2) is 4.87. The number of aromatic nitrogens is 3. The largest absolute Gasteiger partial charge is 0.436 e. The monoisotopic (exact) mass is 245 g/mol. The van der Waals surface area contributed by atoms with Crippen molar-refractivity contribution in [3.05, 3.63) is 36.3 Å². The maximum atomic E-state index is 7.26. The molecule has 3 N–H and O–H groups in total. The smallest absolute Gasteiger partial charge is 0.219 e. The van der Waals surface area contributed by atoms with Gasteiger partial charge >= 0.3 is 0 Å². The molecule has 6 heteroatoms. The molecule has 6 nitrogen and oxygen atoms in total. The summed E-state index contributed by atoms with van der Waals surface area (Å²) in [6, 6.07) is 3.65. The summed E-state index contributed by atoms with van der Waals surface area (Å²) in [5.74, 6) is 1.07. The molecule has 0 bridgehead atoms. The molecule has 94 valence electrons. The van der Waals surface area contributed by atoms with Crippen LogP contribution in [0.1, 0.15) is 25.5 Å². The summed E-state index contributed by atoms with van der Waals surface area (Å²) in [5, 5.41) is 11.4. The average Bonchev–Trinajstić information content (AvgIpc) is 2.78. The molecule has 0 aliphatic rings. The molecule has 2 heterocycles. The summed E-state index contributed by atoms with van der Waals surface area (Å²) in [7, 11) is 0. The quantitative estimate of drug-likeness (QED) is 0.636. The molecule has 0 saturated heterocycles. The van der Waals surface area contributed by atoms with Crippen LogP contribution >= 0.6 is 0 Å². The number of nitrogens with zero attached hydrogens (tertiary/aromatic N) is 3. The van der Waals surface area contributed by atoms with E-state index in [1.54, 1.807) is 23.0 Å². The van der Waals surface area contributed by atoms with E-state index in [2.05, 4.69) is 10.1 Å². The second-order valence-electron chi connectivity index (χ2n) is 4.15. The van der Waals surface area contributed by atoms with Gasteiger partial charge in [-0.05, 0) is 19.9 Å². The first kappa shape index (κ1) is 12.1. The first-order valence-corrected chi connectivity index (χ1v) is 5.58. The summed E-state index contributed by atoms with van der Waals surface area (Å²) in [6.45, 7) is 4.08. The lowest BCUT2D eigenvalue weighted by atomic mass is 10.3. The van der Waals surface area contributed by atoms with Crippen molar-refractivity contribution in [2.24, 2.45) is 5.73 Å². The average molecular weight is 245 g/mol. The van der Waals surface area contributed by atoms with Crippen molar-refractivity contribution in [2.75, 3.05) is 0 Å². The van der Waals surface area contributed by atoms with Crippen molar-refractivity contribution in [1.82, 2.24) is 14.8 Å². The number of pyridine rings is 1. The number of ether oxygens (including phenoxy) is 1. The number of nitrogens with two attached hydrogens (primary N) is 1. The summed E-state index contributed by atoms with van der Waals surface area (Å²) < 4.78 is 7.34. The summed E-state index contributed by atoms with van der Waals surface area (Å²) >= 11 is 0. The molecule has 2 aromatic rings. The highest BCUT2D eigenvalue weighted by atomic mass is 16.5. The van der Waals surface area contributed by atoms with E-state index < -0.39 is 0 Å². The van der Waals surface area contributed by atoms with E-state index in [1.165, 1.54) is 6.20 Å². The summed E-state index contributed by atoms with van der Waals surface area (Å²) in [4.78, 5) is 4.07. The maximum absolute atomic E-state index is 7.26. The third-order valence-corrected chi connectivity index (χ3v) is 2.38. The Labute approximate surface area is 105 Å². The minimum Gasteiger partial charge on any atom is -0.436 e. The predicted molar refractivity (Wildman–Crippen MR) is 67.9 cm³/mol. The van der Waals surface area contributed by atoms with Gasteiger partial charge in [-0.1, -0.05) is 0 Å². The van der Waals surface area contributed by atoms with Gasteiger partial charge in [0.15, 0.2) is 5.75 Å². The SMILES string of the molecule is CC(C)n1cc(Oc2ccc(C(=N)N)cn2)cn1. The number of hydrogen-bond acceptors (Lipinski definition) is 4. The first-order valence-electron chi connectivity index (χ1n) is 5.58. The molecule has 0 unspecified atom stereocenters. The second-order valence-corrected chi connectivity index (χ2v) is 4.15. The topological polar surface area (TPSA) is 89.8 Å². The fraction of sp³-hybridized carbons (Fsp3) is 0.250. The van der Waals surface area contributed by atoms with Gasteiger partial charge in [-0.15, -0.1) is 0 Å². The van der Waals surface area contributed by atoms with Gasteiger partial charge in [0.2, 0.25) is 5.88 Å². The van der Waals surface area contributed by atoms with Crippen LogP contribution in [0.5, 0.6) is 11.6 Å². The Morgan fingerprint density at radius 3 is 2.67 bits per heavy atom. The molecule has 2 aromatic heterocycles. The van der Waals surface area contributed by atoms with Crippen LogP contribution < -0.4 is 10.5 Å². The van der Waals surface area contributed by atoms with Crippen LogP contribution in [-0.2, 0) is 0 Å². The van der Waals surface area contributed by atoms with E-state index in [-0.39, 0.29) is 11.9 Å². The van der Waals surface area contributed by atoms with Crippen LogP contribution in [0.4, 0.5) is 0 Å². The molecule has 0 fully saturated rings. The van der Waals surface area contributed by atoms with Crippen molar-refractivity contribution < 1.29 is 4.74 Å². The van der Waals surface area contributed by atoms with Gasteiger partial charge in [-0.3, -0.25) is 10.1 Å². The Morgan fingerprint density at radius 1 is 1.39 bits per heavy atom. The van der Waals surface area contributed by atoms with E-state index in [4.69, 9.17) is 15.9 Å². The Hall–Kier alpha value is -2.37. The highest BCUT2D eigenvalue weighted by Crippen LogP contribution is 2.19. The molecule has 0 saturated carbocycles. The van der Waals surface area contributed by atoms with Gasteiger partial charge in [0.25, 0.3) is 0 Å². The molecular formula is C12H15N5O. The number of nitrogen functional groups attached to an aromatic ring is 1. The first-order chi connectivity index (χ1) is 8.56. The van der Waals surface area contributed by atoms with E-state index in [0.717, 1.165) is 0 Å². The number of rotatable bonds is 4. The molecule has 0 aliphatic carbocycles. The normalized spacial score (nSPS) is 10.6. The zero-order valence-corrected chi connectivity index (χ0v) is 10.3. The fourth-order valence-corrected chi connectivity index (χ4v) is 1.38. The van der Waals surface area contributed by atoms with Crippen molar-refractivity contribution >= 4 is 5.84 Å². The van der Waals surface area contributed by atoms with Crippen LogP contribution in [0.25, 0.3) is 0 Å². The van der Waals surface area contributed by atoms with E-state index >= 15 is 0 Å². The minimum absolute atomic E-state index is 0.0123. The maximum Gasteiger partial charge on any atom is 0.219 e. The lowest BCUT2D eigenvalue weighted by molar-refractivity contribution is 0.459. The van der Waals surface area contributed by atoms with Crippen molar-refractivity contribution in [1.29, 1.82) is 5.41 Å².